The molecule has 3 aromatic rings. The van der Waals surface area contributed by atoms with Crippen molar-refractivity contribution in [3.8, 4) is 17.0 Å². The highest BCUT2D eigenvalue weighted by Crippen LogP contribution is 2.36. The van der Waals surface area contributed by atoms with Crippen molar-refractivity contribution in [2.24, 2.45) is 4.36 Å². The molecule has 0 bridgehead atoms. The molecule has 0 N–H and O–H groups in total. The van der Waals surface area contributed by atoms with Crippen molar-refractivity contribution in [1.82, 2.24) is 4.98 Å². The van der Waals surface area contributed by atoms with Crippen molar-refractivity contribution in [3.63, 3.8) is 0 Å². The van der Waals surface area contributed by atoms with E-state index in [2.05, 4.69) is 9.35 Å². The van der Waals surface area contributed by atoms with Gasteiger partial charge in [0.15, 0.2) is 0 Å². The van der Waals surface area contributed by atoms with Gasteiger partial charge in [-0.25, -0.2) is 27.1 Å². The van der Waals surface area contributed by atoms with E-state index in [9.17, 15) is 17.8 Å². The van der Waals surface area contributed by atoms with Gasteiger partial charge < -0.3 is 9.47 Å². The van der Waals surface area contributed by atoms with E-state index in [1.165, 1.54) is 49.9 Å². The third kappa shape index (κ3) is 5.08. The summed E-state index contributed by atoms with van der Waals surface area (Å²) in [6.07, 6.45) is 2.46. The lowest BCUT2D eigenvalue weighted by molar-refractivity contribution is 0.0606. The fourth-order valence-corrected chi connectivity index (χ4v) is 4.69. The Balaban J connectivity index is 1.96. The summed E-state index contributed by atoms with van der Waals surface area (Å²) in [5.74, 6) is -1.55. The van der Waals surface area contributed by atoms with Gasteiger partial charge in [-0.1, -0.05) is 0 Å². The van der Waals surface area contributed by atoms with Crippen LogP contribution in [0.2, 0.25) is 0 Å². The third-order valence-electron chi connectivity index (χ3n) is 4.49. The van der Waals surface area contributed by atoms with Crippen LogP contribution >= 0.6 is 11.3 Å². The number of carbonyl (C=O) groups excluding carboxylic acids is 1. The maximum absolute atomic E-state index is 14.1. The lowest BCUT2D eigenvalue weighted by Gasteiger charge is -2.12. The van der Waals surface area contributed by atoms with Gasteiger partial charge in [-0.05, 0) is 36.8 Å². The van der Waals surface area contributed by atoms with Crippen molar-refractivity contribution >= 4 is 27.0 Å². The second-order valence-electron chi connectivity index (χ2n) is 6.64. The van der Waals surface area contributed by atoms with E-state index >= 15 is 0 Å². The van der Waals surface area contributed by atoms with Crippen LogP contribution in [0.5, 0.6) is 5.75 Å². The molecule has 10 heteroatoms. The van der Waals surface area contributed by atoms with Crippen molar-refractivity contribution in [2.45, 2.75) is 18.4 Å². The zero-order valence-corrected chi connectivity index (χ0v) is 18.9. The number of nitrogens with zero attached hydrogens (tertiary/aromatic N) is 2. The van der Waals surface area contributed by atoms with Crippen LogP contribution in [0.4, 0.5) is 8.78 Å². The average Bonchev–Trinajstić information content (AvgIpc) is 3.12. The molecule has 0 radical (unpaired) electrons. The van der Waals surface area contributed by atoms with Gasteiger partial charge in [0, 0.05) is 29.8 Å². The molecule has 0 aliphatic rings. The second kappa shape index (κ2) is 9.11. The monoisotopic (exact) mass is 466 g/mol. The predicted octanol–water partition coefficient (Wildman–Crippen LogP) is 4.85. The summed E-state index contributed by atoms with van der Waals surface area (Å²) < 4.78 is 54.7. The minimum Gasteiger partial charge on any atom is -0.487 e. The fraction of sp³-hybridized carbons (Fsp3) is 0.238. The summed E-state index contributed by atoms with van der Waals surface area (Å²) in [5.41, 5.74) is 1.34. The van der Waals surface area contributed by atoms with E-state index < -0.39 is 27.3 Å². The number of hydrogen-bond acceptors (Lipinski definition) is 7. The Morgan fingerprint density at radius 3 is 2.61 bits per heavy atom. The number of carbonyl (C=O) groups is 1. The first kappa shape index (κ1) is 22.8. The van der Waals surface area contributed by atoms with Crippen LogP contribution in [0.25, 0.3) is 11.3 Å². The number of aryl methyl sites for hydroxylation is 1. The minimum atomic E-state index is -2.73. The van der Waals surface area contributed by atoms with Crippen LogP contribution in [-0.2, 0) is 21.1 Å². The zero-order valence-electron chi connectivity index (χ0n) is 17.3. The summed E-state index contributed by atoms with van der Waals surface area (Å²) in [5, 5.41) is 0. The Labute approximate surface area is 183 Å². The first-order chi connectivity index (χ1) is 14.6. The van der Waals surface area contributed by atoms with Gasteiger partial charge in [-0.15, -0.1) is 11.3 Å². The molecule has 0 saturated heterocycles. The van der Waals surface area contributed by atoms with Crippen molar-refractivity contribution in [1.29, 1.82) is 0 Å². The van der Waals surface area contributed by atoms with Gasteiger partial charge in [0.25, 0.3) is 0 Å². The first-order valence-corrected chi connectivity index (χ1v) is 11.8. The number of hydrogen-bond donors (Lipinski definition) is 0. The molecule has 31 heavy (non-hydrogen) atoms. The normalized spacial score (nSPS) is 12.8. The van der Waals surface area contributed by atoms with Gasteiger partial charge in [0.2, 0.25) is 0 Å². The Kier molecular flexibility index (Phi) is 6.71. The zero-order chi connectivity index (χ0) is 22.8. The van der Waals surface area contributed by atoms with Crippen molar-refractivity contribution < 1.29 is 27.3 Å². The van der Waals surface area contributed by atoms with Crippen LogP contribution in [-0.4, -0.2) is 35.6 Å². The number of halogens is 2. The van der Waals surface area contributed by atoms with Gasteiger partial charge in [-0.3, -0.25) is 0 Å². The average molecular weight is 467 g/mol. The molecular formula is C21H20F2N2O4S2. The van der Waals surface area contributed by atoms with E-state index in [-0.39, 0.29) is 17.3 Å². The summed E-state index contributed by atoms with van der Waals surface area (Å²) in [4.78, 5) is 17.4. The number of rotatable bonds is 6. The smallest absolute Gasteiger partial charge is 0.348 e. The highest BCUT2D eigenvalue weighted by atomic mass is 32.2. The number of thiophene rings is 1. The molecule has 0 aliphatic heterocycles. The van der Waals surface area contributed by atoms with Crippen LogP contribution in [0.1, 0.15) is 20.1 Å². The summed E-state index contributed by atoms with van der Waals surface area (Å²) in [7, 11) is -0.0431. The van der Waals surface area contributed by atoms with Gasteiger partial charge in [0.1, 0.15) is 34.6 Å². The maximum Gasteiger partial charge on any atom is 0.348 e. The Bertz CT molecular complexity index is 1260. The largest absolute Gasteiger partial charge is 0.487 e. The summed E-state index contributed by atoms with van der Waals surface area (Å²) in [6, 6.07) is 6.72. The number of pyridine rings is 1. The molecule has 0 amide bonds. The molecule has 164 valence electrons. The highest BCUT2D eigenvalue weighted by molar-refractivity contribution is 7.93. The highest BCUT2D eigenvalue weighted by Gasteiger charge is 2.19. The van der Waals surface area contributed by atoms with Gasteiger partial charge in [0.05, 0.1) is 27.9 Å². The molecule has 3 rings (SSSR count). The van der Waals surface area contributed by atoms with E-state index in [0.717, 1.165) is 17.1 Å². The quantitative estimate of drug-likeness (QED) is 0.486. The number of benzene rings is 1. The number of methoxy groups -OCH3 is 1. The number of ether oxygens (including phenoxy) is 2. The van der Waals surface area contributed by atoms with Gasteiger partial charge >= 0.3 is 5.97 Å². The molecule has 1 unspecified atom stereocenters. The van der Waals surface area contributed by atoms with Crippen LogP contribution in [0, 0.1) is 18.6 Å². The van der Waals surface area contributed by atoms with Crippen molar-refractivity contribution in [3.05, 3.63) is 63.5 Å². The van der Waals surface area contributed by atoms with Gasteiger partial charge in [-0.2, -0.15) is 0 Å². The van der Waals surface area contributed by atoms with E-state index in [1.54, 1.807) is 13.0 Å². The molecule has 0 aliphatic carbocycles. The van der Waals surface area contributed by atoms with Crippen LogP contribution in [0.3, 0.4) is 0 Å². The van der Waals surface area contributed by atoms with E-state index in [4.69, 9.17) is 9.47 Å². The lowest BCUT2D eigenvalue weighted by Crippen LogP contribution is -2.03. The summed E-state index contributed by atoms with van der Waals surface area (Å²) >= 11 is 1.22. The Morgan fingerprint density at radius 2 is 1.94 bits per heavy atom. The number of esters is 1. The second-order valence-corrected chi connectivity index (χ2v) is 10.3. The number of aromatic nitrogens is 1. The van der Waals surface area contributed by atoms with E-state index in [1.807, 2.05) is 0 Å². The van der Waals surface area contributed by atoms with Crippen LogP contribution in [0.15, 0.2) is 45.8 Å². The Hall–Kier alpha value is -2.85. The predicted molar refractivity (Wildman–Crippen MR) is 115 cm³/mol. The molecule has 0 fully saturated rings. The van der Waals surface area contributed by atoms with E-state index in [0.29, 0.717) is 21.7 Å². The minimum absolute atomic E-state index is 0.116. The molecule has 2 aromatic heterocycles. The summed E-state index contributed by atoms with van der Waals surface area (Å²) in [6.45, 7) is 1.68. The Morgan fingerprint density at radius 1 is 1.19 bits per heavy atom. The molecule has 1 aromatic carbocycles. The molecular weight excluding hydrogens is 446 g/mol. The maximum atomic E-state index is 14.1. The van der Waals surface area contributed by atoms with Crippen molar-refractivity contribution in [2.75, 3.05) is 20.4 Å². The molecule has 0 saturated carbocycles. The molecule has 1 atom stereocenters. The fourth-order valence-electron chi connectivity index (χ4n) is 2.84. The third-order valence-corrected chi connectivity index (χ3v) is 7.33. The molecule has 2 heterocycles. The molecule has 0 spiro atoms. The standard InChI is InChI=1S/C21H20F2N2O4S2/c1-12-17(9-19(30-12)21(26)28-3)20-18(8-15(23)10-25-20)29-11-13-5-14(22)7-16(6-13)31(4,27)24-2/h5-10H,11H2,1-4H3. The molecule has 6 nitrogen and oxygen atoms in total. The lowest BCUT2D eigenvalue weighted by atomic mass is 10.1. The topological polar surface area (TPSA) is 77.9 Å². The van der Waals surface area contributed by atoms with Crippen LogP contribution < -0.4 is 4.74 Å². The SMILES string of the molecule is CN=S(C)(=O)c1cc(F)cc(COc2cc(F)cnc2-c2cc(C(=O)OC)sc2C)c1. The first-order valence-electron chi connectivity index (χ1n) is 9.02.